The van der Waals surface area contributed by atoms with E-state index in [4.69, 9.17) is 21.6 Å². The zero-order valence-corrected chi connectivity index (χ0v) is 17.9. The third-order valence-corrected chi connectivity index (χ3v) is 5.76. The summed E-state index contributed by atoms with van der Waals surface area (Å²) in [5.41, 5.74) is 3.23. The highest BCUT2D eigenvalue weighted by Crippen LogP contribution is 2.34. The standard InChI is InChI=1S/C20H18ClN7OS/c1-12-18(13-7-9-14(21)10-8-13)19(23-16-6-4-3-5-15(16)22-12)24-17(29)11-30-20-25-26-27-28(20)2/h3-10,18H,11H2,1-2H3,(H,23,24,29)/t18-/m1/s1. The van der Waals surface area contributed by atoms with Crippen LogP contribution in [-0.2, 0) is 11.8 Å². The van der Waals surface area contributed by atoms with E-state index in [1.807, 2.05) is 55.5 Å². The molecule has 1 aromatic heterocycles. The molecular weight excluding hydrogens is 422 g/mol. The molecule has 1 amide bonds. The lowest BCUT2D eigenvalue weighted by atomic mass is 9.93. The molecule has 0 spiro atoms. The molecule has 0 saturated heterocycles. The number of fused-ring (bicyclic) bond motifs is 1. The van der Waals surface area contributed by atoms with Crippen molar-refractivity contribution in [1.82, 2.24) is 25.5 Å². The van der Waals surface area contributed by atoms with Gasteiger partial charge in [-0.25, -0.2) is 9.67 Å². The van der Waals surface area contributed by atoms with E-state index in [0.717, 1.165) is 17.0 Å². The fourth-order valence-corrected chi connectivity index (χ4v) is 3.88. The first kappa shape index (κ1) is 20.2. The molecule has 1 atom stereocenters. The van der Waals surface area contributed by atoms with Gasteiger partial charge in [-0.05, 0) is 47.2 Å². The van der Waals surface area contributed by atoms with E-state index in [9.17, 15) is 4.79 Å². The van der Waals surface area contributed by atoms with Crippen molar-refractivity contribution in [3.63, 3.8) is 0 Å². The third-order valence-electron chi connectivity index (χ3n) is 4.50. The highest BCUT2D eigenvalue weighted by atomic mass is 35.5. The van der Waals surface area contributed by atoms with Crippen LogP contribution in [0.2, 0.25) is 5.02 Å². The molecule has 4 rings (SSSR count). The number of tetrazole rings is 1. The van der Waals surface area contributed by atoms with Gasteiger partial charge in [-0.2, -0.15) is 0 Å². The first-order valence-electron chi connectivity index (χ1n) is 9.14. The molecule has 8 nitrogen and oxygen atoms in total. The number of aliphatic imine (C=N–C) groups is 2. The van der Waals surface area contributed by atoms with Gasteiger partial charge in [-0.1, -0.05) is 47.6 Å². The average Bonchev–Trinajstić information content (AvgIpc) is 3.08. The third kappa shape index (κ3) is 4.42. The number of halogens is 1. The van der Waals surface area contributed by atoms with Crippen molar-refractivity contribution in [2.24, 2.45) is 17.0 Å². The Labute approximate surface area is 182 Å². The normalized spacial score (nSPS) is 15.6. The number of carbonyl (C=O) groups is 1. The Hall–Kier alpha value is -3.04. The molecule has 2 aromatic carbocycles. The van der Waals surface area contributed by atoms with E-state index in [-0.39, 0.29) is 17.6 Å². The number of nitrogens with one attached hydrogen (secondary N) is 1. The molecular formula is C20H18ClN7OS. The molecule has 2 heterocycles. The van der Waals surface area contributed by atoms with Crippen LogP contribution in [0.1, 0.15) is 18.4 Å². The average molecular weight is 440 g/mol. The van der Waals surface area contributed by atoms with Crippen LogP contribution in [0.3, 0.4) is 0 Å². The van der Waals surface area contributed by atoms with Gasteiger partial charge in [0.05, 0.1) is 23.0 Å². The second-order valence-corrected chi connectivity index (χ2v) is 8.02. The number of aromatic nitrogens is 4. The number of amides is 1. The predicted octanol–water partition coefficient (Wildman–Crippen LogP) is 3.69. The zero-order chi connectivity index (χ0) is 21.1. The lowest BCUT2D eigenvalue weighted by Gasteiger charge is -2.19. The van der Waals surface area contributed by atoms with Gasteiger partial charge in [0, 0.05) is 17.8 Å². The van der Waals surface area contributed by atoms with Crippen molar-refractivity contribution in [2.45, 2.75) is 18.0 Å². The summed E-state index contributed by atoms with van der Waals surface area (Å²) in [4.78, 5) is 22.2. The van der Waals surface area contributed by atoms with Crippen LogP contribution in [0.5, 0.6) is 0 Å². The van der Waals surface area contributed by atoms with Gasteiger partial charge >= 0.3 is 0 Å². The van der Waals surface area contributed by atoms with Gasteiger partial charge in [0.2, 0.25) is 11.1 Å². The highest BCUT2D eigenvalue weighted by molar-refractivity contribution is 7.99. The second-order valence-electron chi connectivity index (χ2n) is 6.65. The number of para-hydroxylation sites is 2. The zero-order valence-electron chi connectivity index (χ0n) is 16.3. The fourth-order valence-electron chi connectivity index (χ4n) is 3.11. The number of hydrogen-bond donors (Lipinski definition) is 1. The van der Waals surface area contributed by atoms with Crippen molar-refractivity contribution in [3.8, 4) is 0 Å². The Morgan fingerprint density at radius 2 is 1.83 bits per heavy atom. The summed E-state index contributed by atoms with van der Waals surface area (Å²) in [7, 11) is 1.73. The van der Waals surface area contributed by atoms with Crippen molar-refractivity contribution in [1.29, 1.82) is 0 Å². The molecule has 152 valence electrons. The Balaban J connectivity index is 1.64. The van der Waals surface area contributed by atoms with Crippen LogP contribution < -0.4 is 5.32 Å². The number of rotatable bonds is 4. The maximum Gasteiger partial charge on any atom is 0.235 e. The van der Waals surface area contributed by atoms with E-state index < -0.39 is 0 Å². The lowest BCUT2D eigenvalue weighted by molar-refractivity contribution is -0.117. The van der Waals surface area contributed by atoms with E-state index in [1.54, 1.807) is 7.05 Å². The minimum Gasteiger partial charge on any atom is -0.313 e. The SMILES string of the molecule is CC1=Nc2ccccc2N=C(NC(=O)CSc2nnnn2C)[C@H]1c1ccc(Cl)cc1. The molecule has 0 unspecified atom stereocenters. The topological polar surface area (TPSA) is 97.4 Å². The fraction of sp³-hybridized carbons (Fsp3) is 0.200. The van der Waals surface area contributed by atoms with Crippen molar-refractivity contribution in [3.05, 3.63) is 59.1 Å². The number of benzene rings is 2. The van der Waals surface area contributed by atoms with Crippen molar-refractivity contribution < 1.29 is 4.79 Å². The number of amidine groups is 1. The van der Waals surface area contributed by atoms with Crippen molar-refractivity contribution >= 4 is 52.2 Å². The van der Waals surface area contributed by atoms with Gasteiger partial charge in [0.25, 0.3) is 0 Å². The summed E-state index contributed by atoms with van der Waals surface area (Å²) in [6.45, 7) is 1.93. The summed E-state index contributed by atoms with van der Waals surface area (Å²) >= 11 is 7.32. The number of nitrogens with zero attached hydrogens (tertiary/aromatic N) is 6. The highest BCUT2D eigenvalue weighted by Gasteiger charge is 2.26. The van der Waals surface area contributed by atoms with E-state index >= 15 is 0 Å². The van der Waals surface area contributed by atoms with Crippen molar-refractivity contribution in [2.75, 3.05) is 5.75 Å². The molecule has 1 N–H and O–H groups in total. The smallest absolute Gasteiger partial charge is 0.235 e. The number of hydrogen-bond acceptors (Lipinski definition) is 7. The largest absolute Gasteiger partial charge is 0.313 e. The first-order chi connectivity index (χ1) is 14.5. The Morgan fingerprint density at radius 1 is 1.13 bits per heavy atom. The van der Waals surface area contributed by atoms with Crippen LogP contribution in [0.4, 0.5) is 11.4 Å². The molecule has 1 aliphatic rings. The lowest BCUT2D eigenvalue weighted by Crippen LogP contribution is -2.38. The molecule has 30 heavy (non-hydrogen) atoms. The Bertz CT molecular complexity index is 1140. The maximum atomic E-state index is 12.7. The summed E-state index contributed by atoms with van der Waals surface area (Å²) in [5, 5.41) is 15.4. The van der Waals surface area contributed by atoms with Crippen LogP contribution in [0, 0.1) is 0 Å². The molecule has 0 bridgehead atoms. The summed E-state index contributed by atoms with van der Waals surface area (Å²) < 4.78 is 1.52. The van der Waals surface area contributed by atoms with Gasteiger partial charge in [0.15, 0.2) is 0 Å². The maximum absolute atomic E-state index is 12.7. The van der Waals surface area contributed by atoms with E-state index in [2.05, 4.69) is 20.8 Å². The molecule has 0 aliphatic carbocycles. The number of aryl methyl sites for hydroxylation is 1. The van der Waals surface area contributed by atoms with Crippen LogP contribution >= 0.6 is 23.4 Å². The Morgan fingerprint density at radius 3 is 2.50 bits per heavy atom. The Kier molecular flexibility index (Phi) is 5.91. The molecule has 0 fully saturated rings. The van der Waals surface area contributed by atoms with Gasteiger partial charge in [-0.3, -0.25) is 9.79 Å². The quantitative estimate of drug-likeness (QED) is 0.625. The number of carbonyl (C=O) groups excluding carboxylic acids is 1. The summed E-state index contributed by atoms with van der Waals surface area (Å²) in [6.07, 6.45) is 0. The minimum absolute atomic E-state index is 0.151. The molecule has 0 radical (unpaired) electrons. The van der Waals surface area contributed by atoms with Gasteiger partial charge in [-0.15, -0.1) is 5.10 Å². The van der Waals surface area contributed by atoms with Gasteiger partial charge in [0.1, 0.15) is 5.84 Å². The van der Waals surface area contributed by atoms with Crippen LogP contribution in [0.25, 0.3) is 0 Å². The van der Waals surface area contributed by atoms with Crippen LogP contribution in [0.15, 0.2) is 63.7 Å². The predicted molar refractivity (Wildman–Crippen MR) is 118 cm³/mol. The van der Waals surface area contributed by atoms with Crippen LogP contribution in [-0.4, -0.2) is 43.4 Å². The molecule has 1 aliphatic heterocycles. The van der Waals surface area contributed by atoms with E-state index in [1.165, 1.54) is 16.4 Å². The molecule has 0 saturated carbocycles. The second kappa shape index (κ2) is 8.76. The minimum atomic E-state index is -0.305. The number of thioether (sulfide) groups is 1. The van der Waals surface area contributed by atoms with E-state index in [0.29, 0.717) is 21.7 Å². The van der Waals surface area contributed by atoms with Gasteiger partial charge < -0.3 is 5.32 Å². The first-order valence-corrected chi connectivity index (χ1v) is 10.5. The molecule has 10 heteroatoms. The summed E-state index contributed by atoms with van der Waals surface area (Å²) in [6, 6.07) is 15.1. The summed E-state index contributed by atoms with van der Waals surface area (Å²) in [5.74, 6) is 0.163. The molecule has 3 aromatic rings. The monoisotopic (exact) mass is 439 g/mol.